The summed E-state index contributed by atoms with van der Waals surface area (Å²) in [6.45, 7) is 3.78. The fourth-order valence-corrected chi connectivity index (χ4v) is 2.50. The van der Waals surface area contributed by atoms with Crippen molar-refractivity contribution in [1.29, 1.82) is 0 Å². The Bertz CT molecular complexity index is 552. The molecule has 1 unspecified atom stereocenters. The van der Waals surface area contributed by atoms with Gasteiger partial charge in [0.15, 0.2) is 0 Å². The normalized spacial score (nSPS) is 12.1. The number of benzene rings is 1. The molecular weight excluding hydrogens is 248 g/mol. The van der Waals surface area contributed by atoms with Gasteiger partial charge in [-0.05, 0) is 42.3 Å². The Hall–Kier alpha value is -1.88. The maximum absolute atomic E-state index is 10.9. The third kappa shape index (κ3) is 2.68. The third-order valence-corrected chi connectivity index (χ3v) is 3.53. The molecule has 5 heteroatoms. The molecule has 1 aromatic heterocycles. The number of hydrogen-bond acceptors (Lipinski definition) is 4. The maximum atomic E-state index is 10.9. The highest BCUT2D eigenvalue weighted by atomic mass is 32.1. The Balaban J connectivity index is 2.20. The van der Waals surface area contributed by atoms with Crippen molar-refractivity contribution >= 4 is 22.7 Å². The van der Waals surface area contributed by atoms with Gasteiger partial charge in [0.25, 0.3) is 5.69 Å². The molecule has 2 aromatic rings. The predicted octanol–water partition coefficient (Wildman–Crippen LogP) is 4.14. The zero-order valence-electron chi connectivity index (χ0n) is 10.2. The number of nitro benzene ring substituents is 1. The minimum Gasteiger partial charge on any atom is -0.378 e. The lowest BCUT2D eigenvalue weighted by Crippen LogP contribution is -2.06. The van der Waals surface area contributed by atoms with Crippen LogP contribution >= 0.6 is 11.3 Å². The number of nitrogens with one attached hydrogen (secondary N) is 1. The number of rotatable bonds is 4. The average molecular weight is 262 g/mol. The summed E-state index contributed by atoms with van der Waals surface area (Å²) in [7, 11) is 0. The fourth-order valence-electron chi connectivity index (χ4n) is 1.75. The van der Waals surface area contributed by atoms with E-state index >= 15 is 0 Å². The monoisotopic (exact) mass is 262 g/mol. The van der Waals surface area contributed by atoms with Gasteiger partial charge in [0.1, 0.15) is 0 Å². The maximum Gasteiger partial charge on any atom is 0.274 e. The molecule has 0 bridgehead atoms. The molecular formula is C13H14N2O2S. The predicted molar refractivity (Wildman–Crippen MR) is 74.2 cm³/mol. The van der Waals surface area contributed by atoms with Crippen LogP contribution in [0.3, 0.4) is 0 Å². The Morgan fingerprint density at radius 2 is 2.17 bits per heavy atom. The average Bonchev–Trinajstić information content (AvgIpc) is 2.85. The van der Waals surface area contributed by atoms with Crippen LogP contribution in [0, 0.1) is 17.0 Å². The molecule has 0 radical (unpaired) electrons. The standard InChI is InChI=1S/C13H14N2O2S/c1-9-3-4-12(7-13(9)15(16)17)14-10(2)11-5-6-18-8-11/h3-8,10,14H,1-2H3. The zero-order valence-corrected chi connectivity index (χ0v) is 11.0. The van der Waals surface area contributed by atoms with Crippen LogP contribution in [0.1, 0.15) is 24.1 Å². The molecule has 1 aromatic carbocycles. The smallest absolute Gasteiger partial charge is 0.274 e. The van der Waals surface area contributed by atoms with Gasteiger partial charge in [-0.1, -0.05) is 6.07 Å². The number of nitro groups is 1. The minimum atomic E-state index is -0.351. The van der Waals surface area contributed by atoms with Crippen LogP contribution in [0.2, 0.25) is 0 Å². The van der Waals surface area contributed by atoms with Gasteiger partial charge in [0.05, 0.1) is 4.92 Å². The highest BCUT2D eigenvalue weighted by Gasteiger charge is 2.12. The van der Waals surface area contributed by atoms with Gasteiger partial charge >= 0.3 is 0 Å². The molecule has 0 aliphatic heterocycles. The van der Waals surface area contributed by atoms with E-state index in [0.717, 1.165) is 5.69 Å². The molecule has 0 spiro atoms. The van der Waals surface area contributed by atoms with Gasteiger partial charge in [-0.3, -0.25) is 10.1 Å². The molecule has 94 valence electrons. The molecule has 4 nitrogen and oxygen atoms in total. The van der Waals surface area contributed by atoms with E-state index in [0.29, 0.717) is 5.56 Å². The Morgan fingerprint density at radius 1 is 1.39 bits per heavy atom. The van der Waals surface area contributed by atoms with Crippen LogP contribution in [0.5, 0.6) is 0 Å². The first kappa shape index (κ1) is 12.6. The summed E-state index contributed by atoms with van der Waals surface area (Å²) in [4.78, 5) is 10.5. The lowest BCUT2D eigenvalue weighted by atomic mass is 10.1. The summed E-state index contributed by atoms with van der Waals surface area (Å²) in [6, 6.07) is 7.40. The van der Waals surface area contributed by atoms with Gasteiger partial charge in [0.2, 0.25) is 0 Å². The number of aryl methyl sites for hydroxylation is 1. The fraction of sp³-hybridized carbons (Fsp3) is 0.231. The Kier molecular flexibility index (Phi) is 3.62. The molecule has 18 heavy (non-hydrogen) atoms. The van der Waals surface area contributed by atoms with Gasteiger partial charge in [-0.2, -0.15) is 11.3 Å². The molecule has 0 saturated heterocycles. The number of nitrogens with zero attached hydrogens (tertiary/aromatic N) is 1. The molecule has 2 rings (SSSR count). The second kappa shape index (κ2) is 5.18. The summed E-state index contributed by atoms with van der Waals surface area (Å²) < 4.78 is 0. The first-order valence-electron chi connectivity index (χ1n) is 5.61. The van der Waals surface area contributed by atoms with Crippen molar-refractivity contribution in [3.63, 3.8) is 0 Å². The van der Waals surface area contributed by atoms with E-state index in [1.807, 2.05) is 24.4 Å². The topological polar surface area (TPSA) is 55.2 Å². The second-order valence-corrected chi connectivity index (χ2v) is 4.96. The highest BCUT2D eigenvalue weighted by Crippen LogP contribution is 2.26. The lowest BCUT2D eigenvalue weighted by Gasteiger charge is -2.14. The van der Waals surface area contributed by atoms with E-state index in [-0.39, 0.29) is 16.7 Å². The van der Waals surface area contributed by atoms with Crippen LogP contribution < -0.4 is 5.32 Å². The number of anilines is 1. The van der Waals surface area contributed by atoms with Crippen LogP contribution in [0.4, 0.5) is 11.4 Å². The van der Waals surface area contributed by atoms with Crippen LogP contribution in [-0.2, 0) is 0 Å². The van der Waals surface area contributed by atoms with Crippen molar-refractivity contribution < 1.29 is 4.92 Å². The largest absolute Gasteiger partial charge is 0.378 e. The second-order valence-electron chi connectivity index (χ2n) is 4.18. The van der Waals surface area contributed by atoms with E-state index in [4.69, 9.17) is 0 Å². The molecule has 1 N–H and O–H groups in total. The van der Waals surface area contributed by atoms with E-state index < -0.39 is 0 Å². The van der Waals surface area contributed by atoms with Crippen molar-refractivity contribution in [3.05, 3.63) is 56.3 Å². The Morgan fingerprint density at radius 3 is 2.78 bits per heavy atom. The first-order valence-corrected chi connectivity index (χ1v) is 6.56. The van der Waals surface area contributed by atoms with Gasteiger partial charge in [-0.25, -0.2) is 0 Å². The van der Waals surface area contributed by atoms with Gasteiger partial charge < -0.3 is 5.32 Å². The zero-order chi connectivity index (χ0) is 13.1. The summed E-state index contributed by atoms with van der Waals surface area (Å²) in [5.41, 5.74) is 2.78. The quantitative estimate of drug-likeness (QED) is 0.665. The SMILES string of the molecule is Cc1ccc(NC(C)c2ccsc2)cc1[N+](=O)[O-]. The first-order chi connectivity index (χ1) is 8.58. The lowest BCUT2D eigenvalue weighted by molar-refractivity contribution is -0.385. The molecule has 0 aliphatic rings. The molecule has 1 heterocycles. The number of thiophene rings is 1. The van der Waals surface area contributed by atoms with Crippen molar-refractivity contribution in [2.45, 2.75) is 19.9 Å². The van der Waals surface area contributed by atoms with Crippen molar-refractivity contribution in [1.82, 2.24) is 0 Å². The van der Waals surface area contributed by atoms with Crippen LogP contribution in [0.15, 0.2) is 35.0 Å². The third-order valence-electron chi connectivity index (χ3n) is 2.83. The van der Waals surface area contributed by atoms with Gasteiger partial charge in [-0.15, -0.1) is 0 Å². The van der Waals surface area contributed by atoms with Crippen molar-refractivity contribution in [3.8, 4) is 0 Å². The van der Waals surface area contributed by atoms with Crippen molar-refractivity contribution in [2.24, 2.45) is 0 Å². The summed E-state index contributed by atoms with van der Waals surface area (Å²) in [6.07, 6.45) is 0. The highest BCUT2D eigenvalue weighted by molar-refractivity contribution is 7.07. The summed E-state index contributed by atoms with van der Waals surface area (Å²) >= 11 is 1.64. The molecule has 0 aliphatic carbocycles. The molecule has 0 amide bonds. The van der Waals surface area contributed by atoms with Crippen molar-refractivity contribution in [2.75, 3.05) is 5.32 Å². The van der Waals surface area contributed by atoms with Crippen LogP contribution in [0.25, 0.3) is 0 Å². The molecule has 0 saturated carbocycles. The summed E-state index contributed by atoms with van der Waals surface area (Å²) in [5, 5.41) is 18.2. The summed E-state index contributed by atoms with van der Waals surface area (Å²) in [5.74, 6) is 0. The molecule has 1 atom stereocenters. The Labute approximate surface area is 109 Å². The van der Waals surface area contributed by atoms with Crippen LogP contribution in [-0.4, -0.2) is 4.92 Å². The van der Waals surface area contributed by atoms with E-state index in [9.17, 15) is 10.1 Å². The van der Waals surface area contributed by atoms with E-state index in [1.54, 1.807) is 30.4 Å². The number of hydrogen-bond donors (Lipinski definition) is 1. The van der Waals surface area contributed by atoms with E-state index in [1.165, 1.54) is 5.56 Å². The van der Waals surface area contributed by atoms with E-state index in [2.05, 4.69) is 10.7 Å². The minimum absolute atomic E-state index is 0.138. The van der Waals surface area contributed by atoms with Gasteiger partial charge in [0, 0.05) is 23.4 Å². The molecule has 0 fully saturated rings.